The minimum absolute atomic E-state index is 0.148. The second kappa shape index (κ2) is 7.26. The minimum atomic E-state index is -0.148. The summed E-state index contributed by atoms with van der Waals surface area (Å²) < 4.78 is 1.22. The molecule has 0 spiro atoms. The molecule has 0 fully saturated rings. The topological polar surface area (TPSA) is 41.1 Å². The SMILES string of the molecule is O=C(Nc1ccccc1)NC(I)CCI. The van der Waals surface area contributed by atoms with E-state index < -0.39 is 0 Å². The van der Waals surface area contributed by atoms with E-state index >= 15 is 0 Å². The fourth-order valence-electron chi connectivity index (χ4n) is 0.999. The first-order chi connectivity index (χ1) is 7.22. The third kappa shape index (κ3) is 5.55. The van der Waals surface area contributed by atoms with Gasteiger partial charge in [-0.3, -0.25) is 0 Å². The van der Waals surface area contributed by atoms with Crippen LogP contribution in [0.15, 0.2) is 30.3 Å². The van der Waals surface area contributed by atoms with Gasteiger partial charge in [-0.05, 0) is 18.6 Å². The van der Waals surface area contributed by atoms with E-state index in [0.717, 1.165) is 16.5 Å². The number of benzene rings is 1. The smallest absolute Gasteiger partial charge is 0.320 e. The van der Waals surface area contributed by atoms with Crippen molar-refractivity contribution in [3.63, 3.8) is 0 Å². The van der Waals surface area contributed by atoms with E-state index in [1.165, 1.54) is 0 Å². The summed E-state index contributed by atoms with van der Waals surface area (Å²) in [7, 11) is 0. The molecule has 0 aliphatic rings. The molecule has 0 heterocycles. The van der Waals surface area contributed by atoms with Crippen molar-refractivity contribution in [1.29, 1.82) is 0 Å². The normalized spacial score (nSPS) is 11.9. The first-order valence-electron chi connectivity index (χ1n) is 4.55. The van der Waals surface area contributed by atoms with Crippen molar-refractivity contribution in [2.45, 2.75) is 10.5 Å². The maximum absolute atomic E-state index is 11.5. The molecule has 0 saturated carbocycles. The van der Waals surface area contributed by atoms with Crippen molar-refractivity contribution in [3.8, 4) is 0 Å². The molecule has 5 heteroatoms. The number of anilines is 1. The summed E-state index contributed by atoms with van der Waals surface area (Å²) in [6, 6.07) is 9.27. The molecular formula is C10H12I2N2O. The van der Waals surface area contributed by atoms with E-state index in [4.69, 9.17) is 0 Å². The number of amides is 2. The first-order valence-corrected chi connectivity index (χ1v) is 7.32. The summed E-state index contributed by atoms with van der Waals surface area (Å²) >= 11 is 4.52. The van der Waals surface area contributed by atoms with Crippen molar-refractivity contribution in [3.05, 3.63) is 30.3 Å². The van der Waals surface area contributed by atoms with Crippen LogP contribution >= 0.6 is 45.2 Å². The van der Waals surface area contributed by atoms with Crippen LogP contribution < -0.4 is 10.6 Å². The number of nitrogens with one attached hydrogen (secondary N) is 2. The maximum atomic E-state index is 11.5. The molecule has 0 aliphatic heterocycles. The van der Waals surface area contributed by atoms with Crippen molar-refractivity contribution in [1.82, 2.24) is 5.32 Å². The zero-order valence-corrected chi connectivity index (χ0v) is 12.4. The van der Waals surface area contributed by atoms with Gasteiger partial charge in [-0.1, -0.05) is 63.4 Å². The molecule has 1 atom stereocenters. The number of para-hydroxylation sites is 1. The van der Waals surface area contributed by atoms with Crippen LogP contribution in [0.1, 0.15) is 6.42 Å². The standard InChI is InChI=1S/C10H12I2N2O/c11-7-6-9(12)14-10(15)13-8-4-2-1-3-5-8/h1-5,9H,6-7H2,(H2,13,14,15). The molecule has 0 aliphatic carbocycles. The van der Waals surface area contributed by atoms with E-state index in [0.29, 0.717) is 0 Å². The molecule has 0 bridgehead atoms. The largest absolute Gasteiger partial charge is 0.326 e. The number of hydrogen-bond donors (Lipinski definition) is 2. The number of halogens is 2. The molecule has 15 heavy (non-hydrogen) atoms. The molecule has 0 saturated heterocycles. The van der Waals surface area contributed by atoms with Crippen LogP contribution in [-0.2, 0) is 0 Å². The summed E-state index contributed by atoms with van der Waals surface area (Å²) in [5.41, 5.74) is 0.813. The molecule has 82 valence electrons. The Morgan fingerprint density at radius 1 is 1.33 bits per heavy atom. The number of rotatable bonds is 4. The van der Waals surface area contributed by atoms with Gasteiger partial charge in [-0.25, -0.2) is 4.79 Å². The van der Waals surface area contributed by atoms with Gasteiger partial charge < -0.3 is 10.6 Å². The predicted octanol–water partition coefficient (Wildman–Crippen LogP) is 3.39. The molecule has 1 aromatic rings. The summed E-state index contributed by atoms with van der Waals surface area (Å²) in [5, 5.41) is 5.64. The monoisotopic (exact) mass is 430 g/mol. The van der Waals surface area contributed by atoms with Gasteiger partial charge in [0.05, 0.1) is 4.05 Å². The van der Waals surface area contributed by atoms with Crippen LogP contribution in [-0.4, -0.2) is 14.5 Å². The fraction of sp³-hybridized carbons (Fsp3) is 0.300. The van der Waals surface area contributed by atoms with Crippen LogP contribution in [0.3, 0.4) is 0 Å². The van der Waals surface area contributed by atoms with Crippen LogP contribution in [0.5, 0.6) is 0 Å². The van der Waals surface area contributed by atoms with Gasteiger partial charge >= 0.3 is 6.03 Å². The number of hydrogen-bond acceptors (Lipinski definition) is 1. The van der Waals surface area contributed by atoms with Gasteiger partial charge in [0.25, 0.3) is 0 Å². The van der Waals surface area contributed by atoms with Gasteiger partial charge in [0.2, 0.25) is 0 Å². The molecular weight excluding hydrogens is 418 g/mol. The Morgan fingerprint density at radius 3 is 2.60 bits per heavy atom. The highest BCUT2D eigenvalue weighted by Crippen LogP contribution is 2.07. The molecule has 3 nitrogen and oxygen atoms in total. The van der Waals surface area contributed by atoms with Crippen molar-refractivity contribution in [2.24, 2.45) is 0 Å². The predicted molar refractivity (Wildman–Crippen MR) is 79.9 cm³/mol. The molecule has 2 N–H and O–H groups in total. The van der Waals surface area contributed by atoms with E-state index in [9.17, 15) is 4.79 Å². The third-order valence-electron chi connectivity index (χ3n) is 1.68. The maximum Gasteiger partial charge on any atom is 0.320 e. The van der Waals surface area contributed by atoms with Crippen molar-refractivity contribution in [2.75, 3.05) is 9.74 Å². The minimum Gasteiger partial charge on any atom is -0.326 e. The Morgan fingerprint density at radius 2 is 2.00 bits per heavy atom. The van der Waals surface area contributed by atoms with Gasteiger partial charge in [-0.15, -0.1) is 0 Å². The zero-order chi connectivity index (χ0) is 11.1. The number of alkyl halides is 2. The quantitative estimate of drug-likeness (QED) is 0.430. The highest BCUT2D eigenvalue weighted by Gasteiger charge is 2.07. The first kappa shape index (κ1) is 13.0. The van der Waals surface area contributed by atoms with E-state index in [1.807, 2.05) is 30.3 Å². The lowest BCUT2D eigenvalue weighted by atomic mass is 10.3. The van der Waals surface area contributed by atoms with Crippen molar-refractivity contribution >= 4 is 56.9 Å². The van der Waals surface area contributed by atoms with Crippen LogP contribution in [0.25, 0.3) is 0 Å². The summed E-state index contributed by atoms with van der Waals surface area (Å²) in [4.78, 5) is 11.5. The summed E-state index contributed by atoms with van der Waals surface area (Å²) in [6.07, 6.45) is 0.976. The van der Waals surface area contributed by atoms with Gasteiger partial charge in [0.15, 0.2) is 0 Å². The summed E-state index contributed by atoms with van der Waals surface area (Å²) in [6.45, 7) is 0. The van der Waals surface area contributed by atoms with Crippen molar-refractivity contribution < 1.29 is 4.79 Å². The van der Waals surface area contributed by atoms with Gasteiger partial charge in [0.1, 0.15) is 0 Å². The Labute approximate surface area is 117 Å². The second-order valence-corrected chi connectivity index (χ2v) is 5.49. The Bertz CT molecular complexity index is 306. The average Bonchev–Trinajstić information content (AvgIpc) is 2.19. The molecule has 0 radical (unpaired) electrons. The fourth-order valence-corrected chi connectivity index (χ4v) is 3.41. The van der Waals surface area contributed by atoms with E-state index in [-0.39, 0.29) is 10.1 Å². The lowest BCUT2D eigenvalue weighted by molar-refractivity contribution is 0.251. The van der Waals surface area contributed by atoms with Gasteiger partial charge in [0, 0.05) is 10.1 Å². The Hall–Kier alpha value is -0.0500. The van der Waals surface area contributed by atoms with E-state index in [1.54, 1.807) is 0 Å². The molecule has 1 unspecified atom stereocenters. The Kier molecular flexibility index (Phi) is 6.30. The van der Waals surface area contributed by atoms with E-state index in [2.05, 4.69) is 55.8 Å². The zero-order valence-electron chi connectivity index (χ0n) is 8.04. The number of carbonyl (C=O) groups is 1. The van der Waals surface area contributed by atoms with Crippen LogP contribution in [0.4, 0.5) is 10.5 Å². The lowest BCUT2D eigenvalue weighted by Crippen LogP contribution is -2.34. The third-order valence-corrected chi connectivity index (χ3v) is 3.24. The number of carbonyl (C=O) groups excluding carboxylic acids is 1. The van der Waals surface area contributed by atoms with Crippen LogP contribution in [0, 0.1) is 0 Å². The number of urea groups is 1. The molecule has 2 amide bonds. The summed E-state index contributed by atoms with van der Waals surface area (Å²) in [5.74, 6) is 0. The van der Waals surface area contributed by atoms with Crippen LogP contribution in [0.2, 0.25) is 0 Å². The Balaban J connectivity index is 2.36. The molecule has 1 aromatic carbocycles. The lowest BCUT2D eigenvalue weighted by Gasteiger charge is -2.11. The second-order valence-electron chi connectivity index (χ2n) is 2.91. The van der Waals surface area contributed by atoms with Gasteiger partial charge in [-0.2, -0.15) is 0 Å². The molecule has 1 rings (SSSR count). The highest BCUT2D eigenvalue weighted by molar-refractivity contribution is 14.1. The average molecular weight is 430 g/mol. The highest BCUT2D eigenvalue weighted by atomic mass is 127. The molecule has 0 aromatic heterocycles.